The van der Waals surface area contributed by atoms with Gasteiger partial charge in [0.15, 0.2) is 11.5 Å². The maximum absolute atomic E-state index is 12.0. The third-order valence-corrected chi connectivity index (χ3v) is 2.71. The van der Waals surface area contributed by atoms with Crippen LogP contribution in [0.2, 0.25) is 0 Å². The van der Waals surface area contributed by atoms with Crippen LogP contribution in [0.1, 0.15) is 5.56 Å². The molecular weight excluding hydrogens is 204 g/mol. The first-order chi connectivity index (χ1) is 7.71. The standard InChI is InChI=1S/C12H16N2O2/c13-12(9-14-6-7-16-12)11(15)8-10-4-2-1-3-5-10/h1-5,14H,6-9,13H2. The number of carbonyl (C=O) groups is 1. The molecule has 0 bridgehead atoms. The zero-order valence-corrected chi connectivity index (χ0v) is 9.11. The lowest BCUT2D eigenvalue weighted by Gasteiger charge is -2.32. The Bertz CT molecular complexity index is 359. The maximum Gasteiger partial charge on any atom is 0.188 e. The zero-order chi connectivity index (χ0) is 11.4. The Morgan fingerprint density at radius 2 is 2.19 bits per heavy atom. The SMILES string of the molecule is NC1(C(=O)Cc2ccccc2)CNCCO1. The first kappa shape index (κ1) is 11.3. The molecule has 0 radical (unpaired) electrons. The zero-order valence-electron chi connectivity index (χ0n) is 9.11. The Morgan fingerprint density at radius 1 is 1.44 bits per heavy atom. The molecule has 1 heterocycles. The van der Waals surface area contributed by atoms with Crippen molar-refractivity contribution in [1.82, 2.24) is 5.32 Å². The number of ether oxygens (including phenoxy) is 1. The lowest BCUT2D eigenvalue weighted by atomic mass is 10.0. The number of ketones is 1. The fraction of sp³-hybridized carbons (Fsp3) is 0.417. The van der Waals surface area contributed by atoms with E-state index < -0.39 is 5.72 Å². The molecule has 1 atom stereocenters. The fourth-order valence-electron chi connectivity index (χ4n) is 1.74. The first-order valence-corrected chi connectivity index (χ1v) is 5.41. The molecule has 1 aromatic carbocycles. The maximum atomic E-state index is 12.0. The number of hydrogen-bond donors (Lipinski definition) is 2. The van der Waals surface area contributed by atoms with E-state index >= 15 is 0 Å². The predicted molar refractivity (Wildman–Crippen MR) is 60.9 cm³/mol. The van der Waals surface area contributed by atoms with Crippen LogP contribution in [-0.4, -0.2) is 31.2 Å². The van der Waals surface area contributed by atoms with Gasteiger partial charge in [0.05, 0.1) is 6.61 Å². The van der Waals surface area contributed by atoms with Crippen LogP contribution in [0.25, 0.3) is 0 Å². The molecule has 1 aliphatic heterocycles. The van der Waals surface area contributed by atoms with Gasteiger partial charge in [-0.05, 0) is 5.56 Å². The second kappa shape index (κ2) is 4.74. The molecule has 0 spiro atoms. The predicted octanol–water partition coefficient (Wildman–Crippen LogP) is 0.0730. The van der Waals surface area contributed by atoms with Gasteiger partial charge in [-0.1, -0.05) is 30.3 Å². The minimum atomic E-state index is -1.16. The van der Waals surface area contributed by atoms with Crippen molar-refractivity contribution in [3.63, 3.8) is 0 Å². The normalized spacial score (nSPS) is 25.3. The van der Waals surface area contributed by atoms with Crippen LogP contribution in [0.4, 0.5) is 0 Å². The first-order valence-electron chi connectivity index (χ1n) is 5.41. The van der Waals surface area contributed by atoms with E-state index in [4.69, 9.17) is 10.5 Å². The van der Waals surface area contributed by atoms with E-state index in [0.29, 0.717) is 19.6 Å². The topological polar surface area (TPSA) is 64.4 Å². The summed E-state index contributed by atoms with van der Waals surface area (Å²) in [6, 6.07) is 9.57. The smallest absolute Gasteiger partial charge is 0.188 e. The van der Waals surface area contributed by atoms with Crippen molar-refractivity contribution in [3.8, 4) is 0 Å². The number of nitrogens with one attached hydrogen (secondary N) is 1. The van der Waals surface area contributed by atoms with Crippen LogP contribution in [0.15, 0.2) is 30.3 Å². The Morgan fingerprint density at radius 3 is 2.81 bits per heavy atom. The number of carbonyl (C=O) groups excluding carboxylic acids is 1. The Labute approximate surface area is 94.8 Å². The molecule has 1 unspecified atom stereocenters. The molecule has 0 aliphatic carbocycles. The number of nitrogens with two attached hydrogens (primary N) is 1. The molecule has 0 amide bonds. The molecule has 4 heteroatoms. The van der Waals surface area contributed by atoms with E-state index in [1.807, 2.05) is 30.3 Å². The molecular formula is C12H16N2O2. The van der Waals surface area contributed by atoms with Crippen molar-refractivity contribution in [2.24, 2.45) is 5.73 Å². The molecule has 1 fully saturated rings. The van der Waals surface area contributed by atoms with E-state index in [1.54, 1.807) is 0 Å². The van der Waals surface area contributed by atoms with Crippen LogP contribution in [0.5, 0.6) is 0 Å². The highest BCUT2D eigenvalue weighted by Gasteiger charge is 2.36. The second-order valence-electron chi connectivity index (χ2n) is 4.00. The van der Waals surface area contributed by atoms with E-state index in [9.17, 15) is 4.79 Å². The van der Waals surface area contributed by atoms with Gasteiger partial charge in [-0.3, -0.25) is 10.5 Å². The molecule has 16 heavy (non-hydrogen) atoms. The van der Waals surface area contributed by atoms with Gasteiger partial charge in [0.25, 0.3) is 0 Å². The average molecular weight is 220 g/mol. The third-order valence-electron chi connectivity index (χ3n) is 2.71. The highest BCUT2D eigenvalue weighted by Crippen LogP contribution is 2.11. The van der Waals surface area contributed by atoms with Crippen molar-refractivity contribution >= 4 is 5.78 Å². The van der Waals surface area contributed by atoms with Crippen LogP contribution in [-0.2, 0) is 16.0 Å². The van der Waals surface area contributed by atoms with Gasteiger partial charge in [0, 0.05) is 19.5 Å². The molecule has 1 aliphatic rings. The summed E-state index contributed by atoms with van der Waals surface area (Å²) >= 11 is 0. The van der Waals surface area contributed by atoms with E-state index in [-0.39, 0.29) is 5.78 Å². The van der Waals surface area contributed by atoms with Crippen LogP contribution in [0.3, 0.4) is 0 Å². The summed E-state index contributed by atoms with van der Waals surface area (Å²) in [7, 11) is 0. The number of Topliss-reactive ketones (excluding diaryl/α,β-unsaturated/α-hetero) is 1. The van der Waals surface area contributed by atoms with Crippen molar-refractivity contribution in [2.45, 2.75) is 12.1 Å². The molecule has 2 rings (SSSR count). The fourth-order valence-corrected chi connectivity index (χ4v) is 1.74. The summed E-state index contributed by atoms with van der Waals surface area (Å²) in [5.41, 5.74) is 5.72. The van der Waals surface area contributed by atoms with Crippen molar-refractivity contribution in [3.05, 3.63) is 35.9 Å². The van der Waals surface area contributed by atoms with E-state index in [1.165, 1.54) is 0 Å². The van der Waals surface area contributed by atoms with E-state index in [0.717, 1.165) is 12.1 Å². The summed E-state index contributed by atoms with van der Waals surface area (Å²) in [5.74, 6) is -0.0779. The summed E-state index contributed by atoms with van der Waals surface area (Å²) in [5, 5.41) is 3.07. The van der Waals surface area contributed by atoms with Crippen molar-refractivity contribution in [1.29, 1.82) is 0 Å². The molecule has 1 aromatic rings. The quantitative estimate of drug-likeness (QED) is 0.757. The van der Waals surface area contributed by atoms with Crippen LogP contribution in [0, 0.1) is 0 Å². The summed E-state index contributed by atoms with van der Waals surface area (Å²) in [4.78, 5) is 12.0. The molecule has 0 aromatic heterocycles. The summed E-state index contributed by atoms with van der Waals surface area (Å²) < 4.78 is 5.37. The van der Waals surface area contributed by atoms with E-state index in [2.05, 4.69) is 5.32 Å². The average Bonchev–Trinajstić information content (AvgIpc) is 2.31. The lowest BCUT2D eigenvalue weighted by Crippen LogP contribution is -2.61. The largest absolute Gasteiger partial charge is 0.351 e. The monoisotopic (exact) mass is 220 g/mol. The highest BCUT2D eigenvalue weighted by molar-refractivity contribution is 5.89. The number of morpholine rings is 1. The van der Waals surface area contributed by atoms with Gasteiger partial charge in [0.1, 0.15) is 0 Å². The van der Waals surface area contributed by atoms with Gasteiger partial charge in [-0.2, -0.15) is 0 Å². The Kier molecular flexibility index (Phi) is 3.33. The number of hydrogen-bond acceptors (Lipinski definition) is 4. The summed E-state index contributed by atoms with van der Waals surface area (Å²) in [6.45, 7) is 1.62. The highest BCUT2D eigenvalue weighted by atomic mass is 16.5. The number of benzene rings is 1. The molecule has 86 valence electrons. The van der Waals surface area contributed by atoms with Crippen LogP contribution < -0.4 is 11.1 Å². The lowest BCUT2D eigenvalue weighted by molar-refractivity contribution is -0.146. The molecule has 3 N–H and O–H groups in total. The van der Waals surface area contributed by atoms with Gasteiger partial charge in [-0.15, -0.1) is 0 Å². The Balaban J connectivity index is 2.02. The minimum absolute atomic E-state index is 0.0779. The van der Waals surface area contributed by atoms with Gasteiger partial charge in [-0.25, -0.2) is 0 Å². The van der Waals surface area contributed by atoms with Gasteiger partial charge < -0.3 is 10.1 Å². The van der Waals surface area contributed by atoms with Crippen LogP contribution >= 0.6 is 0 Å². The third kappa shape index (κ3) is 2.47. The second-order valence-corrected chi connectivity index (χ2v) is 4.00. The molecule has 0 saturated carbocycles. The van der Waals surface area contributed by atoms with Gasteiger partial charge in [0.2, 0.25) is 0 Å². The molecule has 4 nitrogen and oxygen atoms in total. The number of rotatable bonds is 3. The van der Waals surface area contributed by atoms with Crippen molar-refractivity contribution < 1.29 is 9.53 Å². The summed E-state index contributed by atoms with van der Waals surface area (Å²) in [6.07, 6.45) is 0.318. The van der Waals surface area contributed by atoms with Crippen molar-refractivity contribution in [2.75, 3.05) is 19.7 Å². The van der Waals surface area contributed by atoms with Gasteiger partial charge >= 0.3 is 0 Å². The minimum Gasteiger partial charge on any atom is -0.351 e. The Hall–Kier alpha value is -1.23. The molecule has 1 saturated heterocycles.